The zero-order chi connectivity index (χ0) is 29.2. The van der Waals surface area contributed by atoms with Crippen LogP contribution in [-0.2, 0) is 22.3 Å². The third-order valence-corrected chi connectivity index (χ3v) is 4.42. The highest BCUT2D eigenvalue weighted by atomic mass is 16.5. The summed E-state index contributed by atoms with van der Waals surface area (Å²) in [5, 5.41) is 0.845. The van der Waals surface area contributed by atoms with Gasteiger partial charge in [0.15, 0.2) is 0 Å². The number of ether oxygens (including phenoxy) is 1. The first-order chi connectivity index (χ1) is 17.8. The van der Waals surface area contributed by atoms with Gasteiger partial charge in [-0.1, -0.05) is 6.07 Å². The molecule has 6 nitrogen and oxygen atoms in total. The van der Waals surface area contributed by atoms with Gasteiger partial charge >= 0.3 is 0 Å². The predicted octanol–water partition coefficient (Wildman–Crippen LogP) is 3.00. The molecule has 1 saturated heterocycles. The summed E-state index contributed by atoms with van der Waals surface area (Å²) in [7, 11) is 3.91. The van der Waals surface area contributed by atoms with Crippen LogP contribution in [0.25, 0.3) is 22.1 Å². The topological polar surface area (TPSA) is 58.8 Å². The van der Waals surface area contributed by atoms with E-state index in [1.807, 2.05) is 25.1 Å². The van der Waals surface area contributed by atoms with Crippen molar-refractivity contribution in [2.75, 3.05) is 46.8 Å². The lowest BCUT2D eigenvalue weighted by Gasteiger charge is -2.26. The van der Waals surface area contributed by atoms with Gasteiger partial charge in [0.2, 0.25) is 5.91 Å². The monoisotopic (exact) mass is 403 g/mol. The van der Waals surface area contributed by atoms with Gasteiger partial charge in [-0.25, -0.2) is 0 Å². The van der Waals surface area contributed by atoms with Crippen molar-refractivity contribution in [3.63, 3.8) is 0 Å². The number of furan rings is 1. The Balaban J connectivity index is 1.74. The van der Waals surface area contributed by atoms with E-state index < -0.39 is 38.4 Å². The minimum atomic E-state index is -3.56. The summed E-state index contributed by atoms with van der Waals surface area (Å²) in [6.07, 6.45) is 1.74. The molecule has 4 rings (SSSR count). The van der Waals surface area contributed by atoms with Crippen molar-refractivity contribution in [1.82, 2.24) is 14.8 Å². The van der Waals surface area contributed by atoms with Crippen LogP contribution in [0.3, 0.4) is 0 Å². The fourth-order valence-corrected chi connectivity index (χ4v) is 2.94. The molecule has 0 radical (unpaired) electrons. The molecule has 1 aromatic carbocycles. The van der Waals surface area contributed by atoms with Crippen LogP contribution in [0.1, 0.15) is 24.8 Å². The van der Waals surface area contributed by atoms with Crippen LogP contribution in [0.2, 0.25) is 0 Å². The molecule has 1 amide bonds. The quantitative estimate of drug-likeness (QED) is 0.633. The highest BCUT2D eigenvalue weighted by Gasteiger charge is 2.17. The average molecular weight is 404 g/mol. The Morgan fingerprint density at radius 2 is 2.07 bits per heavy atom. The van der Waals surface area contributed by atoms with E-state index in [2.05, 4.69) is 9.72 Å². The van der Waals surface area contributed by atoms with E-state index in [9.17, 15) is 4.79 Å². The SMILES string of the molecule is [2H]C([2H])(C(=O)N1C([2H])([2H])C([2H])([2H])OC([2H])([2H])C1([2H])[2H])c1cncc(-c2ccc3occ(CCN(C)C)c3c2)c1. The smallest absolute Gasteiger partial charge is 0.227 e. The zero-order valence-electron chi connectivity index (χ0n) is 26.0. The number of carbonyl (C=O) groups is 1. The van der Waals surface area contributed by atoms with E-state index in [-0.39, 0.29) is 10.5 Å². The third kappa shape index (κ3) is 4.66. The number of pyridine rings is 1. The first-order valence-corrected chi connectivity index (χ1v) is 8.99. The first kappa shape index (κ1) is 10.9. The lowest BCUT2D eigenvalue weighted by Crippen LogP contribution is -2.41. The zero-order valence-corrected chi connectivity index (χ0v) is 16.0. The van der Waals surface area contributed by atoms with E-state index >= 15 is 0 Å². The third-order valence-electron chi connectivity index (χ3n) is 4.42. The van der Waals surface area contributed by atoms with Gasteiger partial charge in [-0.3, -0.25) is 9.78 Å². The van der Waals surface area contributed by atoms with Gasteiger partial charge in [-0.05, 0) is 55.4 Å². The largest absolute Gasteiger partial charge is 0.464 e. The molecule has 1 fully saturated rings. The van der Waals surface area contributed by atoms with Crippen LogP contribution in [0.4, 0.5) is 0 Å². The van der Waals surface area contributed by atoms with Crippen molar-refractivity contribution in [1.29, 1.82) is 0 Å². The molecule has 0 spiro atoms. The maximum Gasteiger partial charge on any atom is 0.227 e. The second kappa shape index (κ2) is 8.76. The summed E-state index contributed by atoms with van der Waals surface area (Å²) >= 11 is 0. The number of amides is 1. The van der Waals surface area contributed by atoms with Crippen molar-refractivity contribution in [3.8, 4) is 11.1 Å². The number of morpholine rings is 1. The molecule has 3 heterocycles. The van der Waals surface area contributed by atoms with Crippen LogP contribution in [0.15, 0.2) is 47.3 Å². The molecule has 2 aromatic heterocycles. The summed E-state index contributed by atoms with van der Waals surface area (Å²) in [6.45, 7) is -13.3. The van der Waals surface area contributed by atoms with Crippen LogP contribution >= 0.6 is 0 Å². The Morgan fingerprint density at radius 3 is 2.86 bits per heavy atom. The van der Waals surface area contributed by atoms with Crippen LogP contribution < -0.4 is 0 Å². The standard InChI is InChI=1S/C23H27N3O3/c1-25(2)6-5-19-16-29-22-4-3-18(13-21(19)22)20-11-17(14-24-15-20)12-23(27)26-7-9-28-10-8-26/h3-4,11,13-16H,5-10,12H2,1-2H3/i7D2,8D2,9D2,10D2,12D2. The lowest BCUT2D eigenvalue weighted by atomic mass is 10.0. The molecule has 0 atom stereocenters. The Hall–Kier alpha value is -2.70. The van der Waals surface area contributed by atoms with Gasteiger partial charge in [0.05, 0.1) is 36.7 Å². The number of benzene rings is 1. The average Bonchev–Trinajstić information content (AvgIpc) is 3.23. The second-order valence-corrected chi connectivity index (χ2v) is 6.78. The summed E-state index contributed by atoms with van der Waals surface area (Å²) in [5.74, 6) is -1.83. The van der Waals surface area contributed by atoms with E-state index in [4.69, 9.17) is 18.1 Å². The highest BCUT2D eigenvalue weighted by molar-refractivity contribution is 5.86. The van der Waals surface area contributed by atoms with Gasteiger partial charge in [0.25, 0.3) is 0 Å². The van der Waals surface area contributed by atoms with Gasteiger partial charge in [-0.15, -0.1) is 0 Å². The van der Waals surface area contributed by atoms with E-state index in [0.29, 0.717) is 16.7 Å². The molecule has 29 heavy (non-hydrogen) atoms. The van der Waals surface area contributed by atoms with Crippen molar-refractivity contribution >= 4 is 16.9 Å². The highest BCUT2D eigenvalue weighted by Crippen LogP contribution is 2.28. The molecule has 6 heteroatoms. The number of hydrogen-bond acceptors (Lipinski definition) is 5. The van der Waals surface area contributed by atoms with Crippen molar-refractivity contribution in [3.05, 3.63) is 54.0 Å². The van der Waals surface area contributed by atoms with E-state index in [0.717, 1.165) is 30.1 Å². The van der Waals surface area contributed by atoms with Crippen LogP contribution in [0, 0.1) is 0 Å². The summed E-state index contributed by atoms with van der Waals surface area (Å²) in [6, 6.07) is 6.62. The second-order valence-electron chi connectivity index (χ2n) is 6.78. The molecule has 0 aliphatic carbocycles. The minimum Gasteiger partial charge on any atom is -0.464 e. The molecule has 0 bridgehead atoms. The first-order valence-electron chi connectivity index (χ1n) is 14.0. The number of aromatic nitrogens is 1. The van der Waals surface area contributed by atoms with Gasteiger partial charge in [0.1, 0.15) is 5.58 Å². The van der Waals surface area contributed by atoms with Gasteiger partial charge in [0, 0.05) is 45.6 Å². The molecule has 0 unspecified atom stereocenters. The number of fused-ring (bicyclic) bond motifs is 1. The molecule has 152 valence electrons. The van der Waals surface area contributed by atoms with Crippen molar-refractivity contribution in [2.45, 2.75) is 12.8 Å². The molecule has 0 saturated carbocycles. The minimum absolute atomic E-state index is 0.357. The molecular formula is C23H27N3O3. The fourth-order valence-electron chi connectivity index (χ4n) is 2.94. The van der Waals surface area contributed by atoms with Crippen molar-refractivity contribution in [2.24, 2.45) is 0 Å². The fraction of sp³-hybridized carbons (Fsp3) is 0.391. The lowest BCUT2D eigenvalue weighted by molar-refractivity contribution is -0.134. The van der Waals surface area contributed by atoms with E-state index in [1.54, 1.807) is 18.4 Å². The molecule has 3 aromatic rings. The van der Waals surface area contributed by atoms with Crippen LogP contribution in [0.5, 0.6) is 0 Å². The molecular weight excluding hydrogens is 366 g/mol. The number of hydrogen-bond donors (Lipinski definition) is 0. The van der Waals surface area contributed by atoms with Crippen molar-refractivity contribution < 1.29 is 27.7 Å². The maximum absolute atomic E-state index is 13.4. The number of nitrogens with zero attached hydrogens (tertiary/aromatic N) is 3. The van der Waals surface area contributed by atoms with Gasteiger partial charge < -0.3 is 19.0 Å². The Morgan fingerprint density at radius 1 is 1.24 bits per heavy atom. The molecule has 0 N–H and O–H groups in total. The Kier molecular flexibility index (Phi) is 3.29. The van der Waals surface area contributed by atoms with Crippen LogP contribution in [-0.4, -0.2) is 67.4 Å². The summed E-state index contributed by atoms with van der Waals surface area (Å²) in [5.41, 5.74) is 2.30. The number of rotatable bonds is 6. The predicted molar refractivity (Wildman–Crippen MR) is 113 cm³/mol. The normalized spacial score (nSPS) is 27.2. The number of carbonyl (C=O) groups excluding carboxylic acids is 1. The number of likely N-dealkylation sites (N-methyl/N-ethyl adjacent to an activating group) is 1. The molecule has 1 aliphatic rings. The Labute approximate surface area is 185 Å². The van der Waals surface area contributed by atoms with Gasteiger partial charge in [-0.2, -0.15) is 0 Å². The Bertz CT molecular complexity index is 1380. The molecule has 1 aliphatic heterocycles. The van der Waals surface area contributed by atoms with E-state index in [1.165, 1.54) is 12.3 Å². The summed E-state index contributed by atoms with van der Waals surface area (Å²) < 4.78 is 90.5. The summed E-state index contributed by atoms with van der Waals surface area (Å²) in [4.78, 5) is 19.1. The maximum atomic E-state index is 13.4.